The van der Waals surface area contributed by atoms with Gasteiger partial charge < -0.3 is 4.90 Å². The zero-order chi connectivity index (χ0) is 12.8. The fraction of sp³-hybridized carbons (Fsp3) is 0.462. The molecule has 0 aliphatic rings. The average molecular weight is 302 g/mol. The van der Waals surface area contributed by atoms with Gasteiger partial charge in [0.1, 0.15) is 5.82 Å². The minimum atomic E-state index is -0.479. The average Bonchev–Trinajstić information content (AvgIpc) is 2.33. The van der Waals surface area contributed by atoms with Crippen LogP contribution in [0, 0.1) is 5.82 Å². The maximum Gasteiger partial charge on any atom is 0.256 e. The van der Waals surface area contributed by atoms with Crippen molar-refractivity contribution in [2.45, 2.75) is 26.7 Å². The first-order valence-corrected chi connectivity index (χ1v) is 6.64. The van der Waals surface area contributed by atoms with Gasteiger partial charge in [0.25, 0.3) is 5.91 Å². The van der Waals surface area contributed by atoms with Crippen LogP contribution in [-0.2, 0) is 0 Å². The molecule has 1 aromatic carbocycles. The molecule has 4 heteroatoms. The van der Waals surface area contributed by atoms with Crippen LogP contribution < -0.4 is 0 Å². The summed E-state index contributed by atoms with van der Waals surface area (Å²) in [5.74, 6) is -0.716. The number of hydrogen-bond acceptors (Lipinski definition) is 1. The molecule has 1 aromatic rings. The molecule has 0 aromatic heterocycles. The number of carbonyl (C=O) groups is 1. The lowest BCUT2D eigenvalue weighted by Gasteiger charge is -2.21. The molecule has 0 fully saturated rings. The van der Waals surface area contributed by atoms with Gasteiger partial charge in [-0.05, 0) is 41.4 Å². The monoisotopic (exact) mass is 301 g/mol. The predicted molar refractivity (Wildman–Crippen MR) is 70.6 cm³/mol. The van der Waals surface area contributed by atoms with Crippen LogP contribution in [-0.4, -0.2) is 23.9 Å². The van der Waals surface area contributed by atoms with Crippen molar-refractivity contribution in [2.75, 3.05) is 13.1 Å². The highest BCUT2D eigenvalue weighted by molar-refractivity contribution is 9.10. The van der Waals surface area contributed by atoms with Crippen molar-refractivity contribution in [2.24, 2.45) is 0 Å². The van der Waals surface area contributed by atoms with Crippen molar-refractivity contribution in [1.82, 2.24) is 4.90 Å². The molecule has 2 nitrogen and oxygen atoms in total. The summed E-state index contributed by atoms with van der Waals surface area (Å²) < 4.78 is 14.1. The van der Waals surface area contributed by atoms with Crippen molar-refractivity contribution < 1.29 is 9.18 Å². The second kappa shape index (κ2) is 6.74. The summed E-state index contributed by atoms with van der Waals surface area (Å²) in [4.78, 5) is 13.8. The summed E-state index contributed by atoms with van der Waals surface area (Å²) in [5, 5.41) is 0. The number of rotatable bonds is 5. The van der Waals surface area contributed by atoms with E-state index in [0.717, 1.165) is 12.8 Å². The van der Waals surface area contributed by atoms with Gasteiger partial charge in [-0.2, -0.15) is 0 Å². The molecule has 94 valence electrons. The van der Waals surface area contributed by atoms with E-state index in [0.29, 0.717) is 17.6 Å². The molecule has 0 bridgehead atoms. The Morgan fingerprint density at radius 2 is 2.12 bits per heavy atom. The van der Waals surface area contributed by atoms with Crippen molar-refractivity contribution in [1.29, 1.82) is 0 Å². The molecule has 0 N–H and O–H groups in total. The zero-order valence-corrected chi connectivity index (χ0v) is 11.8. The largest absolute Gasteiger partial charge is 0.339 e. The number of carbonyl (C=O) groups excluding carboxylic acids is 1. The fourth-order valence-electron chi connectivity index (χ4n) is 1.59. The molecule has 1 rings (SSSR count). The van der Waals surface area contributed by atoms with E-state index in [-0.39, 0.29) is 11.5 Å². The maximum absolute atomic E-state index is 13.8. The van der Waals surface area contributed by atoms with Crippen LogP contribution in [0.4, 0.5) is 4.39 Å². The molecule has 0 saturated carbocycles. The molecule has 0 aliphatic heterocycles. The Morgan fingerprint density at radius 3 is 2.71 bits per heavy atom. The Bertz CT molecular complexity index is 395. The van der Waals surface area contributed by atoms with Crippen molar-refractivity contribution >= 4 is 21.8 Å². The summed E-state index contributed by atoms with van der Waals surface area (Å²) in [7, 11) is 0. The molecule has 1 amide bonds. The van der Waals surface area contributed by atoms with E-state index in [9.17, 15) is 9.18 Å². The van der Waals surface area contributed by atoms with Crippen LogP contribution in [0.15, 0.2) is 22.7 Å². The minimum absolute atomic E-state index is 0.136. The van der Waals surface area contributed by atoms with E-state index in [1.165, 1.54) is 6.07 Å². The summed E-state index contributed by atoms with van der Waals surface area (Å²) in [6.07, 6.45) is 1.96. The SMILES string of the molecule is CCCCN(CC)C(=O)c1cccc(Br)c1F. The molecule has 0 unspecified atom stereocenters. The summed E-state index contributed by atoms with van der Waals surface area (Å²) >= 11 is 3.09. The smallest absolute Gasteiger partial charge is 0.256 e. The number of amides is 1. The normalized spacial score (nSPS) is 10.4. The van der Waals surface area contributed by atoms with Gasteiger partial charge in [0, 0.05) is 13.1 Å². The number of hydrogen-bond donors (Lipinski definition) is 0. The second-order valence-corrected chi connectivity index (χ2v) is 4.69. The van der Waals surface area contributed by atoms with E-state index in [1.54, 1.807) is 17.0 Å². The van der Waals surface area contributed by atoms with Gasteiger partial charge in [-0.25, -0.2) is 4.39 Å². The van der Waals surface area contributed by atoms with Crippen molar-refractivity contribution in [3.05, 3.63) is 34.1 Å². The highest BCUT2D eigenvalue weighted by Crippen LogP contribution is 2.20. The van der Waals surface area contributed by atoms with Crippen LogP contribution in [0.25, 0.3) is 0 Å². The van der Waals surface area contributed by atoms with Gasteiger partial charge in [0.15, 0.2) is 0 Å². The van der Waals surface area contributed by atoms with Crippen LogP contribution in [0.2, 0.25) is 0 Å². The van der Waals surface area contributed by atoms with Crippen molar-refractivity contribution in [3.8, 4) is 0 Å². The molecule has 0 aliphatic carbocycles. The standard InChI is InChI=1S/C13H17BrFNO/c1-3-5-9-16(4-2)13(17)10-7-6-8-11(14)12(10)15/h6-8H,3-5,9H2,1-2H3. The van der Waals surface area contributed by atoms with Crippen LogP contribution >= 0.6 is 15.9 Å². The second-order valence-electron chi connectivity index (χ2n) is 3.84. The highest BCUT2D eigenvalue weighted by atomic mass is 79.9. The lowest BCUT2D eigenvalue weighted by Crippen LogP contribution is -2.32. The lowest BCUT2D eigenvalue weighted by atomic mass is 10.1. The van der Waals surface area contributed by atoms with Gasteiger partial charge >= 0.3 is 0 Å². The van der Waals surface area contributed by atoms with E-state index in [2.05, 4.69) is 22.9 Å². The molecular formula is C13H17BrFNO. The molecule has 0 saturated heterocycles. The number of benzene rings is 1. The van der Waals surface area contributed by atoms with Crippen molar-refractivity contribution in [3.63, 3.8) is 0 Å². The third-order valence-electron chi connectivity index (χ3n) is 2.63. The summed E-state index contributed by atoms with van der Waals surface area (Å²) in [6, 6.07) is 4.79. The summed E-state index contributed by atoms with van der Waals surface area (Å²) in [5.41, 5.74) is 0.136. The highest BCUT2D eigenvalue weighted by Gasteiger charge is 2.18. The van der Waals surface area contributed by atoms with Gasteiger partial charge in [-0.3, -0.25) is 4.79 Å². The first-order chi connectivity index (χ1) is 8.11. The molecule has 0 radical (unpaired) electrons. The quantitative estimate of drug-likeness (QED) is 0.809. The van der Waals surface area contributed by atoms with Gasteiger partial charge in [0.05, 0.1) is 10.0 Å². The molecule has 0 atom stereocenters. The third kappa shape index (κ3) is 3.53. The lowest BCUT2D eigenvalue weighted by molar-refractivity contribution is 0.0757. The molecule has 17 heavy (non-hydrogen) atoms. The number of unbranched alkanes of at least 4 members (excludes halogenated alkanes) is 1. The molecule has 0 heterocycles. The zero-order valence-electron chi connectivity index (χ0n) is 10.2. The van der Waals surface area contributed by atoms with Gasteiger partial charge in [-0.15, -0.1) is 0 Å². The minimum Gasteiger partial charge on any atom is -0.339 e. The Labute approximate surface area is 110 Å². The van der Waals surface area contributed by atoms with E-state index in [4.69, 9.17) is 0 Å². The Kier molecular flexibility index (Phi) is 5.62. The first-order valence-electron chi connectivity index (χ1n) is 5.85. The van der Waals surface area contributed by atoms with E-state index < -0.39 is 5.82 Å². The van der Waals surface area contributed by atoms with Crippen LogP contribution in [0.1, 0.15) is 37.0 Å². The van der Waals surface area contributed by atoms with Crippen LogP contribution in [0.5, 0.6) is 0 Å². The Hall–Kier alpha value is -0.900. The number of nitrogens with zero attached hydrogens (tertiary/aromatic N) is 1. The van der Waals surface area contributed by atoms with Gasteiger partial charge in [-0.1, -0.05) is 19.4 Å². The molecule has 0 spiro atoms. The topological polar surface area (TPSA) is 20.3 Å². The fourth-order valence-corrected chi connectivity index (χ4v) is 1.96. The number of halogens is 2. The van der Waals surface area contributed by atoms with E-state index in [1.807, 2.05) is 6.92 Å². The molecular weight excluding hydrogens is 285 g/mol. The predicted octanol–water partition coefficient (Wildman–Crippen LogP) is 3.85. The van der Waals surface area contributed by atoms with Gasteiger partial charge in [0.2, 0.25) is 0 Å². The van der Waals surface area contributed by atoms with Crippen LogP contribution in [0.3, 0.4) is 0 Å². The third-order valence-corrected chi connectivity index (χ3v) is 3.24. The Balaban J connectivity index is 2.90. The van der Waals surface area contributed by atoms with E-state index >= 15 is 0 Å². The summed E-state index contributed by atoms with van der Waals surface area (Å²) in [6.45, 7) is 5.25. The maximum atomic E-state index is 13.8. The Morgan fingerprint density at radius 1 is 1.41 bits per heavy atom. The first kappa shape index (κ1) is 14.2.